The molecule has 2 heterocycles. The molecule has 0 radical (unpaired) electrons. The second-order valence-corrected chi connectivity index (χ2v) is 7.34. The summed E-state index contributed by atoms with van der Waals surface area (Å²) in [7, 11) is 0. The van der Waals surface area contributed by atoms with Gasteiger partial charge in [0.25, 0.3) is 5.22 Å². The van der Waals surface area contributed by atoms with Crippen LogP contribution in [0.2, 0.25) is 0 Å². The summed E-state index contributed by atoms with van der Waals surface area (Å²) in [6, 6.07) is 13.0. The van der Waals surface area contributed by atoms with Crippen molar-refractivity contribution in [1.82, 2.24) is 10.2 Å². The van der Waals surface area contributed by atoms with E-state index in [9.17, 15) is 9.59 Å². The van der Waals surface area contributed by atoms with Crippen LogP contribution in [0.3, 0.4) is 0 Å². The predicted molar refractivity (Wildman–Crippen MR) is 103 cm³/mol. The van der Waals surface area contributed by atoms with Crippen molar-refractivity contribution < 1.29 is 14.0 Å². The summed E-state index contributed by atoms with van der Waals surface area (Å²) in [5.74, 6) is 0.291. The normalized spacial score (nSPS) is 15.5. The number of aromatic nitrogens is 2. The molecule has 0 unspecified atom stereocenters. The van der Waals surface area contributed by atoms with E-state index in [1.807, 2.05) is 38.1 Å². The first kappa shape index (κ1) is 17.5. The van der Waals surface area contributed by atoms with Gasteiger partial charge in [-0.25, -0.2) is 0 Å². The van der Waals surface area contributed by atoms with E-state index in [1.165, 1.54) is 11.8 Å². The molecule has 1 atom stereocenters. The van der Waals surface area contributed by atoms with Gasteiger partial charge in [-0.1, -0.05) is 30.0 Å². The Morgan fingerprint density at radius 2 is 2.04 bits per heavy atom. The zero-order chi connectivity index (χ0) is 19.0. The van der Waals surface area contributed by atoms with E-state index < -0.39 is 0 Å². The average Bonchev–Trinajstić information content (AvgIpc) is 3.25. The lowest BCUT2D eigenvalue weighted by Crippen LogP contribution is -2.08. The van der Waals surface area contributed by atoms with E-state index in [1.54, 1.807) is 18.2 Å². The van der Waals surface area contributed by atoms with E-state index in [-0.39, 0.29) is 23.4 Å². The maximum atomic E-state index is 12.5. The van der Waals surface area contributed by atoms with E-state index in [2.05, 4.69) is 15.5 Å². The lowest BCUT2D eigenvalue weighted by atomic mass is 9.99. The molecule has 0 fully saturated rings. The molecule has 1 amide bonds. The van der Waals surface area contributed by atoms with Gasteiger partial charge in [-0.15, -0.1) is 10.2 Å². The van der Waals surface area contributed by atoms with Gasteiger partial charge in [0, 0.05) is 16.8 Å². The van der Waals surface area contributed by atoms with Crippen molar-refractivity contribution >= 4 is 29.1 Å². The SMILES string of the molecule is Cc1ccccc1-c1nnc(SCC(=O)c2ccc3c(c2)[C@H](C)C(=O)N3)o1. The lowest BCUT2D eigenvalue weighted by molar-refractivity contribution is -0.116. The van der Waals surface area contributed by atoms with Crippen LogP contribution in [-0.2, 0) is 4.79 Å². The molecular weight excluding hydrogens is 362 g/mol. The fraction of sp³-hybridized carbons (Fsp3) is 0.200. The summed E-state index contributed by atoms with van der Waals surface area (Å²) in [5.41, 5.74) is 4.13. The highest BCUT2D eigenvalue weighted by Gasteiger charge is 2.27. The smallest absolute Gasteiger partial charge is 0.277 e. The Labute approximate surface area is 160 Å². The summed E-state index contributed by atoms with van der Waals surface area (Å²) >= 11 is 1.21. The van der Waals surface area contributed by atoms with Gasteiger partial charge in [-0.3, -0.25) is 9.59 Å². The average molecular weight is 379 g/mol. The highest BCUT2D eigenvalue weighted by atomic mass is 32.2. The third kappa shape index (κ3) is 3.38. The minimum Gasteiger partial charge on any atom is -0.411 e. The van der Waals surface area contributed by atoms with Crippen LogP contribution >= 0.6 is 11.8 Å². The summed E-state index contributed by atoms with van der Waals surface area (Å²) in [6.45, 7) is 3.81. The van der Waals surface area contributed by atoms with E-state index >= 15 is 0 Å². The first-order valence-corrected chi connectivity index (χ1v) is 9.52. The second-order valence-electron chi connectivity index (χ2n) is 6.41. The first-order valence-electron chi connectivity index (χ1n) is 8.53. The van der Waals surface area contributed by atoms with Gasteiger partial charge >= 0.3 is 0 Å². The molecule has 4 rings (SSSR count). The molecule has 0 saturated heterocycles. The quantitative estimate of drug-likeness (QED) is 0.531. The van der Waals surface area contributed by atoms with Crippen molar-refractivity contribution in [2.24, 2.45) is 0 Å². The topological polar surface area (TPSA) is 85.1 Å². The zero-order valence-corrected chi connectivity index (χ0v) is 15.7. The van der Waals surface area contributed by atoms with Crippen molar-refractivity contribution in [3.63, 3.8) is 0 Å². The number of benzene rings is 2. The molecule has 0 aliphatic carbocycles. The zero-order valence-electron chi connectivity index (χ0n) is 14.9. The van der Waals surface area contributed by atoms with E-state index in [4.69, 9.17) is 4.42 Å². The predicted octanol–water partition coefficient (Wildman–Crippen LogP) is 4.08. The van der Waals surface area contributed by atoms with Crippen molar-refractivity contribution in [2.45, 2.75) is 25.0 Å². The van der Waals surface area contributed by atoms with Crippen LogP contribution in [0.15, 0.2) is 52.1 Å². The molecule has 1 aromatic heterocycles. The summed E-state index contributed by atoms with van der Waals surface area (Å²) in [5, 5.41) is 11.2. The van der Waals surface area contributed by atoms with Crippen molar-refractivity contribution in [2.75, 3.05) is 11.1 Å². The van der Waals surface area contributed by atoms with Crippen molar-refractivity contribution in [1.29, 1.82) is 0 Å². The number of hydrogen-bond donors (Lipinski definition) is 1. The Balaban J connectivity index is 1.45. The number of nitrogens with one attached hydrogen (secondary N) is 1. The number of Topliss-reactive ketones (excluding diaryl/α,β-unsaturated/α-hetero) is 1. The van der Waals surface area contributed by atoms with Crippen molar-refractivity contribution in [3.8, 4) is 11.5 Å². The lowest BCUT2D eigenvalue weighted by Gasteiger charge is -2.04. The minimum absolute atomic E-state index is 0.0430. The van der Waals surface area contributed by atoms with Crippen LogP contribution in [0.25, 0.3) is 11.5 Å². The molecule has 0 spiro atoms. The van der Waals surface area contributed by atoms with Crippen LogP contribution in [0, 0.1) is 6.92 Å². The van der Waals surface area contributed by atoms with E-state index in [0.29, 0.717) is 16.7 Å². The molecular formula is C20H17N3O3S. The highest BCUT2D eigenvalue weighted by molar-refractivity contribution is 7.99. The van der Waals surface area contributed by atoms with Gasteiger partial charge in [0.15, 0.2) is 5.78 Å². The Morgan fingerprint density at radius 3 is 2.85 bits per heavy atom. The fourth-order valence-corrected chi connectivity index (χ4v) is 3.65. The molecule has 6 nitrogen and oxygen atoms in total. The van der Waals surface area contributed by atoms with Crippen LogP contribution in [-0.4, -0.2) is 27.6 Å². The molecule has 27 heavy (non-hydrogen) atoms. The van der Waals surface area contributed by atoms with Gasteiger partial charge in [0.2, 0.25) is 11.8 Å². The summed E-state index contributed by atoms with van der Waals surface area (Å²) in [6.07, 6.45) is 0. The molecule has 1 N–H and O–H groups in total. The third-order valence-corrected chi connectivity index (χ3v) is 5.42. The molecule has 0 bridgehead atoms. The maximum Gasteiger partial charge on any atom is 0.277 e. The number of carbonyl (C=O) groups is 2. The Morgan fingerprint density at radius 1 is 1.22 bits per heavy atom. The van der Waals surface area contributed by atoms with Crippen LogP contribution < -0.4 is 5.32 Å². The number of thioether (sulfide) groups is 1. The largest absolute Gasteiger partial charge is 0.411 e. The van der Waals surface area contributed by atoms with E-state index in [0.717, 1.165) is 22.4 Å². The monoisotopic (exact) mass is 379 g/mol. The molecule has 0 saturated carbocycles. The molecule has 136 valence electrons. The van der Waals surface area contributed by atoms with Crippen molar-refractivity contribution in [3.05, 3.63) is 59.2 Å². The third-order valence-electron chi connectivity index (χ3n) is 4.60. The first-order chi connectivity index (χ1) is 13.0. The molecule has 2 aromatic carbocycles. The maximum absolute atomic E-state index is 12.5. The minimum atomic E-state index is -0.243. The standard InChI is InChI=1S/C20H17N3O3S/c1-11-5-3-4-6-14(11)19-22-23-20(26-19)27-10-17(24)13-7-8-16-15(9-13)12(2)18(25)21-16/h3-9,12H,10H2,1-2H3,(H,21,25)/t12-/m0/s1. The molecule has 1 aliphatic rings. The Kier molecular flexibility index (Phi) is 4.53. The molecule has 7 heteroatoms. The second kappa shape index (κ2) is 7.00. The van der Waals surface area contributed by atoms with Gasteiger partial charge in [0.05, 0.1) is 11.7 Å². The fourth-order valence-electron chi connectivity index (χ4n) is 2.99. The number of aryl methyl sites for hydroxylation is 1. The number of hydrogen-bond acceptors (Lipinski definition) is 6. The number of rotatable bonds is 5. The number of fused-ring (bicyclic) bond motifs is 1. The van der Waals surface area contributed by atoms with Gasteiger partial charge in [0.1, 0.15) is 0 Å². The Bertz CT molecular complexity index is 1040. The van der Waals surface area contributed by atoms with Crippen LogP contribution in [0.5, 0.6) is 0 Å². The highest BCUT2D eigenvalue weighted by Crippen LogP contribution is 2.33. The van der Waals surface area contributed by atoms with Crippen LogP contribution in [0.4, 0.5) is 5.69 Å². The summed E-state index contributed by atoms with van der Waals surface area (Å²) < 4.78 is 5.68. The van der Waals surface area contributed by atoms with Gasteiger partial charge < -0.3 is 9.73 Å². The number of nitrogens with zero attached hydrogens (tertiary/aromatic N) is 2. The van der Waals surface area contributed by atoms with Gasteiger partial charge in [-0.2, -0.15) is 0 Å². The van der Waals surface area contributed by atoms with Gasteiger partial charge in [-0.05, 0) is 49.2 Å². The number of carbonyl (C=O) groups excluding carboxylic acids is 2. The number of anilines is 1. The Hall–Kier alpha value is -2.93. The molecule has 1 aliphatic heterocycles. The molecule has 3 aromatic rings. The van der Waals surface area contributed by atoms with Crippen LogP contribution in [0.1, 0.15) is 34.3 Å². The number of ketones is 1. The summed E-state index contributed by atoms with van der Waals surface area (Å²) in [4.78, 5) is 24.3. The number of amides is 1.